The molecule has 3 N–H and O–H groups in total. The van der Waals surface area contributed by atoms with E-state index in [2.05, 4.69) is 22.1 Å². The second-order valence-corrected chi connectivity index (χ2v) is 5.83. The fraction of sp³-hybridized carbons (Fsp3) is 0.0476. The van der Waals surface area contributed by atoms with Crippen LogP contribution in [-0.2, 0) is 6.18 Å². The van der Waals surface area contributed by atoms with Gasteiger partial charge in [0.1, 0.15) is 5.82 Å². The predicted molar refractivity (Wildman–Crippen MR) is 100 cm³/mol. The maximum atomic E-state index is 12.6. The van der Waals surface area contributed by atoms with E-state index in [9.17, 15) is 18.0 Å². The van der Waals surface area contributed by atoms with E-state index in [1.54, 1.807) is 42.6 Å². The van der Waals surface area contributed by atoms with E-state index in [1.165, 1.54) is 12.1 Å². The number of nitrogens with one attached hydrogen (secondary N) is 1. The topological polar surface area (TPSA) is 68.0 Å². The van der Waals surface area contributed by atoms with Crippen molar-refractivity contribution in [3.8, 4) is 11.8 Å². The highest BCUT2D eigenvalue weighted by Crippen LogP contribution is 2.29. The summed E-state index contributed by atoms with van der Waals surface area (Å²) in [5.41, 5.74) is 6.63. The van der Waals surface area contributed by atoms with Gasteiger partial charge in [-0.2, -0.15) is 13.2 Å². The smallest absolute Gasteiger partial charge is 0.384 e. The van der Waals surface area contributed by atoms with Crippen molar-refractivity contribution in [2.24, 2.45) is 0 Å². The number of carbonyl (C=O) groups excluding carboxylic acids is 1. The van der Waals surface area contributed by atoms with Crippen molar-refractivity contribution in [2.45, 2.75) is 6.18 Å². The monoisotopic (exact) mass is 381 g/mol. The molecule has 0 spiro atoms. The summed E-state index contributed by atoms with van der Waals surface area (Å²) in [6, 6.07) is 14.2. The second kappa shape index (κ2) is 7.84. The molecule has 0 fully saturated rings. The Hall–Kier alpha value is -3.79. The van der Waals surface area contributed by atoms with Crippen LogP contribution in [-0.4, -0.2) is 10.9 Å². The van der Waals surface area contributed by atoms with E-state index in [0.717, 1.165) is 12.1 Å². The van der Waals surface area contributed by atoms with Crippen LogP contribution in [0.4, 0.5) is 24.7 Å². The van der Waals surface area contributed by atoms with E-state index in [4.69, 9.17) is 5.73 Å². The number of hydrogen-bond donors (Lipinski definition) is 2. The lowest BCUT2D eigenvalue weighted by atomic mass is 10.1. The Morgan fingerprint density at radius 2 is 1.68 bits per heavy atom. The van der Waals surface area contributed by atoms with Crippen molar-refractivity contribution in [3.63, 3.8) is 0 Å². The molecule has 28 heavy (non-hydrogen) atoms. The zero-order valence-corrected chi connectivity index (χ0v) is 14.4. The van der Waals surface area contributed by atoms with Gasteiger partial charge in [0.2, 0.25) is 0 Å². The van der Waals surface area contributed by atoms with Gasteiger partial charge < -0.3 is 11.1 Å². The minimum Gasteiger partial charge on any atom is -0.384 e. The molecule has 7 heteroatoms. The molecule has 1 aromatic heterocycles. The van der Waals surface area contributed by atoms with Crippen LogP contribution in [0.3, 0.4) is 0 Å². The van der Waals surface area contributed by atoms with E-state index in [1.807, 2.05) is 0 Å². The number of anilines is 2. The standard InChI is InChI=1S/C21H14F3N3O/c22-21(23,24)17-7-9-18(10-8-17)27-20(28)16-3-1-2-14(12-16)4-5-15-6-11-19(25)26-13-15/h1-3,6-13H,(H2,25,26)(H,27,28). The fourth-order valence-electron chi connectivity index (χ4n) is 2.31. The number of nitrogens with zero attached hydrogens (tertiary/aromatic N) is 1. The molecular weight excluding hydrogens is 367 g/mol. The van der Waals surface area contributed by atoms with Crippen molar-refractivity contribution in [3.05, 3.63) is 89.1 Å². The van der Waals surface area contributed by atoms with Crippen molar-refractivity contribution in [1.82, 2.24) is 4.98 Å². The van der Waals surface area contributed by atoms with E-state index >= 15 is 0 Å². The molecule has 1 amide bonds. The molecule has 140 valence electrons. The summed E-state index contributed by atoms with van der Waals surface area (Å²) in [5, 5.41) is 2.57. The lowest BCUT2D eigenvalue weighted by molar-refractivity contribution is -0.137. The maximum absolute atomic E-state index is 12.6. The number of nitrogens with two attached hydrogens (primary N) is 1. The quantitative estimate of drug-likeness (QED) is 0.649. The van der Waals surface area contributed by atoms with Crippen LogP contribution in [0.15, 0.2) is 66.9 Å². The summed E-state index contributed by atoms with van der Waals surface area (Å²) >= 11 is 0. The number of hydrogen-bond acceptors (Lipinski definition) is 3. The lowest BCUT2D eigenvalue weighted by Gasteiger charge is -2.09. The van der Waals surface area contributed by atoms with Gasteiger partial charge in [-0.15, -0.1) is 0 Å². The number of rotatable bonds is 2. The number of aromatic nitrogens is 1. The SMILES string of the molecule is Nc1ccc(C#Cc2cccc(C(=O)Nc3ccc(C(F)(F)F)cc3)c2)cn1. The number of alkyl halides is 3. The van der Waals surface area contributed by atoms with Crippen LogP contribution in [0.2, 0.25) is 0 Å². The Morgan fingerprint density at radius 3 is 2.32 bits per heavy atom. The Balaban J connectivity index is 1.73. The number of nitrogen functional groups attached to an aromatic ring is 1. The van der Waals surface area contributed by atoms with Gasteiger partial charge in [-0.05, 0) is 54.6 Å². The molecule has 0 saturated heterocycles. The third-order valence-corrected chi connectivity index (χ3v) is 3.73. The highest BCUT2D eigenvalue weighted by atomic mass is 19.4. The average Bonchev–Trinajstić information content (AvgIpc) is 2.67. The van der Waals surface area contributed by atoms with Crippen LogP contribution >= 0.6 is 0 Å². The van der Waals surface area contributed by atoms with Crippen LogP contribution in [0.1, 0.15) is 27.0 Å². The molecule has 2 aromatic carbocycles. The minimum atomic E-state index is -4.42. The Labute approximate surface area is 159 Å². The molecule has 0 aliphatic heterocycles. The fourth-order valence-corrected chi connectivity index (χ4v) is 2.31. The molecule has 4 nitrogen and oxygen atoms in total. The molecule has 0 atom stereocenters. The molecule has 0 aliphatic rings. The third kappa shape index (κ3) is 4.89. The number of benzene rings is 2. The molecule has 0 saturated carbocycles. The van der Waals surface area contributed by atoms with Crippen molar-refractivity contribution >= 4 is 17.4 Å². The van der Waals surface area contributed by atoms with Gasteiger partial charge in [-0.3, -0.25) is 4.79 Å². The Morgan fingerprint density at radius 1 is 0.964 bits per heavy atom. The zero-order chi connectivity index (χ0) is 20.1. The van der Waals surface area contributed by atoms with Crippen LogP contribution in [0, 0.1) is 11.8 Å². The van der Waals surface area contributed by atoms with E-state index in [-0.39, 0.29) is 5.69 Å². The van der Waals surface area contributed by atoms with Gasteiger partial charge in [0, 0.05) is 28.6 Å². The van der Waals surface area contributed by atoms with Gasteiger partial charge in [0.05, 0.1) is 5.56 Å². The predicted octanol–water partition coefficient (Wildman–Crippen LogP) is 4.33. The van der Waals surface area contributed by atoms with E-state index in [0.29, 0.717) is 22.5 Å². The largest absolute Gasteiger partial charge is 0.416 e. The minimum absolute atomic E-state index is 0.266. The number of pyridine rings is 1. The molecule has 0 unspecified atom stereocenters. The van der Waals surface area contributed by atoms with Gasteiger partial charge in [-0.25, -0.2) is 4.98 Å². The van der Waals surface area contributed by atoms with Crippen LogP contribution < -0.4 is 11.1 Å². The highest BCUT2D eigenvalue weighted by Gasteiger charge is 2.29. The third-order valence-electron chi connectivity index (χ3n) is 3.73. The van der Waals surface area contributed by atoms with Gasteiger partial charge in [0.25, 0.3) is 5.91 Å². The summed E-state index contributed by atoms with van der Waals surface area (Å²) in [5.74, 6) is 5.79. The summed E-state index contributed by atoms with van der Waals surface area (Å²) in [6.07, 6.45) is -2.88. The number of amides is 1. The summed E-state index contributed by atoms with van der Waals surface area (Å²) in [6.45, 7) is 0. The maximum Gasteiger partial charge on any atom is 0.416 e. The molecular formula is C21H14F3N3O. The molecule has 0 radical (unpaired) electrons. The van der Waals surface area contributed by atoms with Crippen molar-refractivity contribution in [2.75, 3.05) is 11.1 Å². The summed E-state index contributed by atoms with van der Waals surface area (Å²) in [7, 11) is 0. The molecule has 1 heterocycles. The summed E-state index contributed by atoms with van der Waals surface area (Å²) < 4.78 is 37.8. The van der Waals surface area contributed by atoms with Crippen LogP contribution in [0.25, 0.3) is 0 Å². The first-order valence-electron chi connectivity index (χ1n) is 8.13. The van der Waals surface area contributed by atoms with Gasteiger partial charge >= 0.3 is 6.18 Å². The lowest BCUT2D eigenvalue weighted by Crippen LogP contribution is -2.12. The van der Waals surface area contributed by atoms with Gasteiger partial charge in [0.15, 0.2) is 0 Å². The normalized spacial score (nSPS) is 10.7. The summed E-state index contributed by atoms with van der Waals surface area (Å²) in [4.78, 5) is 16.3. The van der Waals surface area contributed by atoms with E-state index < -0.39 is 17.6 Å². The first-order chi connectivity index (χ1) is 13.3. The Kier molecular flexibility index (Phi) is 5.32. The van der Waals surface area contributed by atoms with Crippen LogP contribution in [0.5, 0.6) is 0 Å². The Bertz CT molecular complexity index is 1050. The molecule has 0 bridgehead atoms. The average molecular weight is 381 g/mol. The van der Waals surface area contributed by atoms with Crippen molar-refractivity contribution < 1.29 is 18.0 Å². The highest BCUT2D eigenvalue weighted by molar-refractivity contribution is 6.04. The molecule has 3 aromatic rings. The molecule has 3 rings (SSSR count). The number of halogens is 3. The first kappa shape index (κ1) is 19.0. The van der Waals surface area contributed by atoms with Gasteiger partial charge in [-0.1, -0.05) is 17.9 Å². The number of carbonyl (C=O) groups is 1. The zero-order valence-electron chi connectivity index (χ0n) is 14.4. The van der Waals surface area contributed by atoms with Crippen molar-refractivity contribution in [1.29, 1.82) is 0 Å². The molecule has 0 aliphatic carbocycles. The first-order valence-corrected chi connectivity index (χ1v) is 8.13. The second-order valence-electron chi connectivity index (χ2n) is 5.83.